The Kier molecular flexibility index (Phi) is 4.34. The van der Waals surface area contributed by atoms with Crippen molar-refractivity contribution in [2.75, 3.05) is 6.61 Å². The van der Waals surface area contributed by atoms with Crippen LogP contribution in [-0.4, -0.2) is 21.6 Å². The molecule has 96 valence electrons. The summed E-state index contributed by atoms with van der Waals surface area (Å²) in [5.41, 5.74) is 2.34. The molecule has 4 heteroatoms. The number of rotatable bonds is 6. The van der Waals surface area contributed by atoms with Crippen molar-refractivity contribution in [1.82, 2.24) is 15.0 Å². The molecule has 0 amide bonds. The van der Waals surface area contributed by atoms with Gasteiger partial charge in [0.25, 0.3) is 0 Å². The zero-order valence-corrected chi connectivity index (χ0v) is 11.0. The van der Waals surface area contributed by atoms with Crippen molar-refractivity contribution in [3.63, 3.8) is 0 Å². The Labute approximate surface area is 108 Å². The maximum Gasteiger partial charge on any atom is 0.119 e. The molecule has 0 N–H and O–H groups in total. The summed E-state index contributed by atoms with van der Waals surface area (Å²) < 4.78 is 7.27. The molecule has 0 saturated heterocycles. The molecule has 1 aromatic heterocycles. The molecule has 1 heterocycles. The highest BCUT2D eigenvalue weighted by molar-refractivity contribution is 5.27. The first-order valence-corrected chi connectivity index (χ1v) is 6.42. The second-order valence-corrected chi connectivity index (χ2v) is 4.14. The minimum absolute atomic E-state index is 0.708. The molecule has 1 aromatic carbocycles. The van der Waals surface area contributed by atoms with E-state index in [1.165, 1.54) is 5.56 Å². The number of ether oxygens (including phenoxy) is 1. The van der Waals surface area contributed by atoms with Gasteiger partial charge in [0.2, 0.25) is 0 Å². The predicted octanol–water partition coefficient (Wildman–Crippen LogP) is 2.48. The largest absolute Gasteiger partial charge is 0.494 e. The summed E-state index contributed by atoms with van der Waals surface area (Å²) in [6.45, 7) is 5.63. The van der Waals surface area contributed by atoms with E-state index < -0.39 is 0 Å². The number of nitrogens with zero attached hydrogens (tertiary/aromatic N) is 3. The van der Waals surface area contributed by atoms with Gasteiger partial charge >= 0.3 is 0 Å². The van der Waals surface area contributed by atoms with Crippen LogP contribution in [0.4, 0.5) is 0 Å². The second-order valence-electron chi connectivity index (χ2n) is 4.14. The van der Waals surface area contributed by atoms with Gasteiger partial charge in [0.05, 0.1) is 12.3 Å². The quantitative estimate of drug-likeness (QED) is 0.785. The van der Waals surface area contributed by atoms with Gasteiger partial charge in [0.1, 0.15) is 5.75 Å². The third kappa shape index (κ3) is 3.32. The number of hydrogen-bond acceptors (Lipinski definition) is 3. The van der Waals surface area contributed by atoms with Crippen molar-refractivity contribution in [3.8, 4) is 5.75 Å². The average Bonchev–Trinajstić information content (AvgIpc) is 2.86. The predicted molar refractivity (Wildman–Crippen MR) is 70.7 cm³/mol. The van der Waals surface area contributed by atoms with Crippen LogP contribution in [0.15, 0.2) is 30.5 Å². The lowest BCUT2D eigenvalue weighted by Gasteiger charge is -2.04. The first-order valence-electron chi connectivity index (χ1n) is 6.42. The summed E-state index contributed by atoms with van der Waals surface area (Å²) in [5, 5.41) is 8.17. The van der Waals surface area contributed by atoms with E-state index in [1.54, 1.807) is 0 Å². The molecule has 0 radical (unpaired) electrons. The Morgan fingerprint density at radius 3 is 2.50 bits per heavy atom. The van der Waals surface area contributed by atoms with Crippen molar-refractivity contribution >= 4 is 0 Å². The molecule has 0 saturated carbocycles. The molecule has 0 unspecified atom stereocenters. The van der Waals surface area contributed by atoms with Crippen molar-refractivity contribution in [3.05, 3.63) is 41.7 Å². The molecule has 0 fully saturated rings. The molecule has 0 atom stereocenters. The van der Waals surface area contributed by atoms with Crippen LogP contribution in [-0.2, 0) is 19.4 Å². The molecule has 2 aromatic rings. The minimum Gasteiger partial charge on any atom is -0.494 e. The van der Waals surface area contributed by atoms with Gasteiger partial charge in [0, 0.05) is 12.7 Å². The number of aromatic nitrogens is 3. The van der Waals surface area contributed by atoms with Crippen LogP contribution in [0, 0.1) is 0 Å². The van der Waals surface area contributed by atoms with Crippen LogP contribution in [0.3, 0.4) is 0 Å². The highest BCUT2D eigenvalue weighted by Gasteiger charge is 2.01. The standard InChI is InChI=1S/C14H19N3O/c1-3-17-11-13(15-16-17)8-5-12-6-9-14(10-7-12)18-4-2/h6-7,9-11H,3-5,8H2,1-2H3. The van der Waals surface area contributed by atoms with Crippen molar-refractivity contribution in [2.24, 2.45) is 0 Å². The average molecular weight is 245 g/mol. The number of aryl methyl sites for hydroxylation is 3. The van der Waals surface area contributed by atoms with Gasteiger partial charge in [0.15, 0.2) is 0 Å². The van der Waals surface area contributed by atoms with Crippen molar-refractivity contribution < 1.29 is 4.74 Å². The molecule has 4 nitrogen and oxygen atoms in total. The summed E-state index contributed by atoms with van der Waals surface area (Å²) in [4.78, 5) is 0. The number of hydrogen-bond donors (Lipinski definition) is 0. The Morgan fingerprint density at radius 1 is 1.11 bits per heavy atom. The van der Waals surface area contributed by atoms with Crippen LogP contribution < -0.4 is 4.74 Å². The van der Waals surface area contributed by atoms with Crippen LogP contribution >= 0.6 is 0 Å². The normalized spacial score (nSPS) is 10.6. The molecular weight excluding hydrogens is 226 g/mol. The van der Waals surface area contributed by atoms with E-state index in [-0.39, 0.29) is 0 Å². The Balaban J connectivity index is 1.89. The monoisotopic (exact) mass is 245 g/mol. The fraction of sp³-hybridized carbons (Fsp3) is 0.429. The van der Waals surface area contributed by atoms with Gasteiger partial charge in [-0.05, 0) is 44.4 Å². The topological polar surface area (TPSA) is 39.9 Å². The second kappa shape index (κ2) is 6.19. The first kappa shape index (κ1) is 12.6. The molecule has 18 heavy (non-hydrogen) atoms. The Bertz CT molecular complexity index is 476. The highest BCUT2D eigenvalue weighted by atomic mass is 16.5. The molecule has 0 aliphatic carbocycles. The zero-order chi connectivity index (χ0) is 12.8. The van der Waals surface area contributed by atoms with Gasteiger partial charge in [-0.3, -0.25) is 4.68 Å². The van der Waals surface area contributed by atoms with E-state index in [1.807, 2.05) is 29.9 Å². The molecular formula is C14H19N3O. The van der Waals surface area contributed by atoms with E-state index in [9.17, 15) is 0 Å². The summed E-state index contributed by atoms with van der Waals surface area (Å²) in [5.74, 6) is 0.929. The summed E-state index contributed by atoms with van der Waals surface area (Å²) in [7, 11) is 0. The molecule has 0 aliphatic rings. The van der Waals surface area contributed by atoms with Crippen LogP contribution in [0.1, 0.15) is 25.1 Å². The summed E-state index contributed by atoms with van der Waals surface area (Å²) in [6.07, 6.45) is 3.91. The third-order valence-electron chi connectivity index (χ3n) is 2.81. The van der Waals surface area contributed by atoms with Gasteiger partial charge in [-0.1, -0.05) is 17.3 Å². The lowest BCUT2D eigenvalue weighted by molar-refractivity contribution is 0.340. The van der Waals surface area contributed by atoms with E-state index in [2.05, 4.69) is 29.4 Å². The fourth-order valence-electron chi connectivity index (χ4n) is 1.80. The van der Waals surface area contributed by atoms with Gasteiger partial charge in [-0.2, -0.15) is 0 Å². The van der Waals surface area contributed by atoms with Gasteiger partial charge < -0.3 is 4.74 Å². The maximum absolute atomic E-state index is 5.42. The maximum atomic E-state index is 5.42. The molecule has 2 rings (SSSR count). The van der Waals surface area contributed by atoms with Crippen molar-refractivity contribution in [2.45, 2.75) is 33.2 Å². The SMILES string of the molecule is CCOc1ccc(CCc2cn(CC)nn2)cc1. The van der Waals surface area contributed by atoms with Crippen LogP contribution in [0.25, 0.3) is 0 Å². The van der Waals surface area contributed by atoms with Crippen LogP contribution in [0.2, 0.25) is 0 Å². The minimum atomic E-state index is 0.708. The lowest BCUT2D eigenvalue weighted by Crippen LogP contribution is -1.94. The molecule has 0 bridgehead atoms. The fourth-order valence-corrected chi connectivity index (χ4v) is 1.80. The van der Waals surface area contributed by atoms with E-state index >= 15 is 0 Å². The lowest BCUT2D eigenvalue weighted by atomic mass is 10.1. The summed E-state index contributed by atoms with van der Waals surface area (Å²) >= 11 is 0. The molecule has 0 spiro atoms. The Hall–Kier alpha value is -1.84. The third-order valence-corrected chi connectivity index (χ3v) is 2.81. The van der Waals surface area contributed by atoms with E-state index in [4.69, 9.17) is 4.74 Å². The van der Waals surface area contributed by atoms with Crippen molar-refractivity contribution in [1.29, 1.82) is 0 Å². The van der Waals surface area contributed by atoms with E-state index in [0.29, 0.717) is 6.61 Å². The van der Waals surface area contributed by atoms with Gasteiger partial charge in [-0.15, -0.1) is 5.10 Å². The Morgan fingerprint density at radius 2 is 1.89 bits per heavy atom. The molecule has 0 aliphatic heterocycles. The summed E-state index contributed by atoms with van der Waals surface area (Å²) in [6, 6.07) is 8.24. The first-order chi connectivity index (χ1) is 8.81. The van der Waals surface area contributed by atoms with Crippen LogP contribution in [0.5, 0.6) is 5.75 Å². The number of benzene rings is 1. The highest BCUT2D eigenvalue weighted by Crippen LogP contribution is 2.13. The van der Waals surface area contributed by atoms with E-state index in [0.717, 1.165) is 30.8 Å². The smallest absolute Gasteiger partial charge is 0.119 e. The zero-order valence-electron chi connectivity index (χ0n) is 11.0. The van der Waals surface area contributed by atoms with Gasteiger partial charge in [-0.25, -0.2) is 0 Å².